The molecule has 0 bridgehead atoms. The first kappa shape index (κ1) is 14.1. The number of fused-ring (bicyclic) bond motifs is 1. The summed E-state index contributed by atoms with van der Waals surface area (Å²) in [5, 5.41) is 3.04. The summed E-state index contributed by atoms with van der Waals surface area (Å²) in [7, 11) is 1.60. The first-order chi connectivity index (χ1) is 9.11. The molecule has 1 unspecified atom stereocenters. The molecule has 1 atom stereocenters. The maximum atomic E-state index is 13.4. The third-order valence-corrected chi connectivity index (χ3v) is 3.34. The summed E-state index contributed by atoms with van der Waals surface area (Å²) in [4.78, 5) is 4.11. The van der Waals surface area contributed by atoms with Crippen LogP contribution in [0.15, 0.2) is 21.6 Å². The molecule has 3 N–H and O–H groups in total. The van der Waals surface area contributed by atoms with Crippen molar-refractivity contribution < 1.29 is 13.9 Å². The first-order valence-electron chi connectivity index (χ1n) is 5.79. The number of nitrogens with one attached hydrogen (secondary N) is 1. The van der Waals surface area contributed by atoms with Gasteiger partial charge in [0.2, 0.25) is 0 Å². The van der Waals surface area contributed by atoms with E-state index in [-0.39, 0.29) is 11.9 Å². The van der Waals surface area contributed by atoms with Gasteiger partial charge < -0.3 is 20.5 Å². The number of guanidine groups is 1. The van der Waals surface area contributed by atoms with E-state index in [0.717, 1.165) is 5.56 Å². The summed E-state index contributed by atoms with van der Waals surface area (Å²) in [6.07, 6.45) is 0. The summed E-state index contributed by atoms with van der Waals surface area (Å²) < 4.78 is 24.1. The Morgan fingerprint density at radius 3 is 3.21 bits per heavy atom. The molecule has 1 aromatic carbocycles. The Hall–Kier alpha value is -1.34. The van der Waals surface area contributed by atoms with Gasteiger partial charge in [-0.15, -0.1) is 0 Å². The molecule has 2 rings (SSSR count). The van der Waals surface area contributed by atoms with Crippen LogP contribution in [0.5, 0.6) is 5.75 Å². The number of aliphatic imine (C=N–C) groups is 1. The molecule has 0 radical (unpaired) electrons. The molecule has 0 saturated heterocycles. The second-order valence-electron chi connectivity index (χ2n) is 4.07. The van der Waals surface area contributed by atoms with E-state index in [9.17, 15) is 4.39 Å². The summed E-state index contributed by atoms with van der Waals surface area (Å²) >= 11 is 3.16. The Kier molecular flexibility index (Phi) is 4.60. The zero-order valence-corrected chi connectivity index (χ0v) is 12.0. The molecule has 0 aliphatic carbocycles. The minimum Gasteiger partial charge on any atom is -0.491 e. The molecule has 19 heavy (non-hydrogen) atoms. The van der Waals surface area contributed by atoms with E-state index in [4.69, 9.17) is 15.2 Å². The monoisotopic (exact) mass is 331 g/mol. The number of ether oxygens (including phenoxy) is 2. The van der Waals surface area contributed by atoms with Crippen LogP contribution >= 0.6 is 15.9 Å². The molecule has 7 heteroatoms. The minimum atomic E-state index is -0.346. The van der Waals surface area contributed by atoms with Crippen LogP contribution in [-0.2, 0) is 4.74 Å². The molecule has 0 saturated carbocycles. The van der Waals surface area contributed by atoms with Crippen molar-refractivity contribution >= 4 is 21.9 Å². The summed E-state index contributed by atoms with van der Waals surface area (Å²) in [6, 6.07) is 2.93. The highest BCUT2D eigenvalue weighted by Crippen LogP contribution is 2.35. The molecular weight excluding hydrogens is 317 g/mol. The van der Waals surface area contributed by atoms with Gasteiger partial charge in [-0.1, -0.05) is 0 Å². The van der Waals surface area contributed by atoms with E-state index in [0.29, 0.717) is 35.9 Å². The maximum Gasteiger partial charge on any atom is 0.189 e. The fraction of sp³-hybridized carbons (Fsp3) is 0.417. The van der Waals surface area contributed by atoms with E-state index in [2.05, 4.69) is 26.2 Å². The number of nitrogens with two attached hydrogens (primary N) is 1. The molecule has 104 valence electrons. The number of halogens is 2. The van der Waals surface area contributed by atoms with Crippen molar-refractivity contribution in [3.05, 3.63) is 28.0 Å². The lowest BCUT2D eigenvalue weighted by atomic mass is 10.1. The molecule has 1 aliphatic heterocycles. The van der Waals surface area contributed by atoms with E-state index in [1.165, 1.54) is 6.07 Å². The van der Waals surface area contributed by atoms with Gasteiger partial charge in [-0.3, -0.25) is 4.99 Å². The zero-order valence-electron chi connectivity index (χ0n) is 10.5. The summed E-state index contributed by atoms with van der Waals surface area (Å²) in [6.45, 7) is 1.39. The predicted octanol–water partition coefficient (Wildman–Crippen LogP) is 1.57. The van der Waals surface area contributed by atoms with Crippen molar-refractivity contribution in [1.29, 1.82) is 0 Å². The van der Waals surface area contributed by atoms with Gasteiger partial charge in [0.05, 0.1) is 23.7 Å². The molecule has 1 aliphatic rings. The Morgan fingerprint density at radius 1 is 1.68 bits per heavy atom. The van der Waals surface area contributed by atoms with Crippen molar-refractivity contribution in [1.82, 2.24) is 5.32 Å². The fourth-order valence-corrected chi connectivity index (χ4v) is 2.17. The van der Waals surface area contributed by atoms with Gasteiger partial charge in [0.1, 0.15) is 18.2 Å². The lowest BCUT2D eigenvalue weighted by Gasteiger charge is -2.12. The van der Waals surface area contributed by atoms with E-state index < -0.39 is 0 Å². The van der Waals surface area contributed by atoms with Gasteiger partial charge >= 0.3 is 0 Å². The van der Waals surface area contributed by atoms with Crippen molar-refractivity contribution in [3.8, 4) is 5.75 Å². The van der Waals surface area contributed by atoms with Crippen LogP contribution in [0, 0.1) is 5.82 Å². The molecule has 1 heterocycles. The second kappa shape index (κ2) is 6.21. The molecule has 0 spiro atoms. The zero-order chi connectivity index (χ0) is 13.8. The maximum absolute atomic E-state index is 13.4. The van der Waals surface area contributed by atoms with Gasteiger partial charge in [-0.2, -0.15) is 0 Å². The molecule has 5 nitrogen and oxygen atoms in total. The van der Waals surface area contributed by atoms with Gasteiger partial charge in [0, 0.05) is 18.7 Å². The number of hydrogen-bond donors (Lipinski definition) is 2. The van der Waals surface area contributed by atoms with E-state index in [1.807, 2.05) is 0 Å². The van der Waals surface area contributed by atoms with Crippen molar-refractivity contribution in [2.45, 2.75) is 6.04 Å². The van der Waals surface area contributed by atoms with Crippen LogP contribution < -0.4 is 15.8 Å². The van der Waals surface area contributed by atoms with Crippen LogP contribution in [0.1, 0.15) is 11.6 Å². The average Bonchev–Trinajstić information content (AvgIpc) is 2.73. The van der Waals surface area contributed by atoms with Gasteiger partial charge in [0.25, 0.3) is 0 Å². The Morgan fingerprint density at radius 2 is 2.47 bits per heavy atom. The summed E-state index contributed by atoms with van der Waals surface area (Å²) in [5.41, 5.74) is 6.62. The number of methoxy groups -OCH3 is 1. The average molecular weight is 332 g/mol. The Labute approximate surface area is 119 Å². The Bertz CT molecular complexity index is 496. The number of rotatable bonds is 4. The van der Waals surface area contributed by atoms with Gasteiger partial charge in [-0.05, 0) is 22.0 Å². The third-order valence-electron chi connectivity index (χ3n) is 2.73. The highest BCUT2D eigenvalue weighted by Gasteiger charge is 2.26. The number of benzene rings is 1. The standard InChI is InChI=1S/C12H15BrFN3O2/c1-18-3-2-16-12(15)17-10-6-19-11-5-9(14)8(13)4-7(10)11/h4-5,10H,2-3,6H2,1H3,(H3,15,16,17). The molecular formula is C12H15BrFN3O2. The SMILES string of the molecule is COCCN=C(N)NC1COc2cc(F)c(Br)cc21. The van der Waals surface area contributed by atoms with Gasteiger partial charge in [-0.25, -0.2) is 4.39 Å². The first-order valence-corrected chi connectivity index (χ1v) is 6.58. The molecule has 0 amide bonds. The highest BCUT2D eigenvalue weighted by atomic mass is 79.9. The van der Waals surface area contributed by atoms with Crippen LogP contribution in [-0.4, -0.2) is 32.8 Å². The normalized spacial score (nSPS) is 18.1. The van der Waals surface area contributed by atoms with E-state index >= 15 is 0 Å². The largest absolute Gasteiger partial charge is 0.491 e. The lowest BCUT2D eigenvalue weighted by molar-refractivity contribution is 0.208. The van der Waals surface area contributed by atoms with Crippen LogP contribution in [0.4, 0.5) is 4.39 Å². The second-order valence-corrected chi connectivity index (χ2v) is 4.93. The minimum absolute atomic E-state index is 0.127. The van der Waals surface area contributed by atoms with Gasteiger partial charge in [0.15, 0.2) is 5.96 Å². The lowest BCUT2D eigenvalue weighted by Crippen LogP contribution is -2.36. The third kappa shape index (κ3) is 3.36. The van der Waals surface area contributed by atoms with Crippen molar-refractivity contribution in [2.75, 3.05) is 26.9 Å². The number of hydrogen-bond acceptors (Lipinski definition) is 3. The van der Waals surface area contributed by atoms with Crippen LogP contribution in [0.3, 0.4) is 0 Å². The molecule has 0 aromatic heterocycles. The topological polar surface area (TPSA) is 68.9 Å². The molecule has 1 aromatic rings. The molecule has 0 fully saturated rings. The Balaban J connectivity index is 2.06. The fourth-order valence-electron chi connectivity index (χ4n) is 1.81. The van der Waals surface area contributed by atoms with Crippen molar-refractivity contribution in [3.63, 3.8) is 0 Å². The smallest absolute Gasteiger partial charge is 0.189 e. The van der Waals surface area contributed by atoms with Crippen molar-refractivity contribution in [2.24, 2.45) is 10.7 Å². The number of nitrogens with zero attached hydrogens (tertiary/aromatic N) is 1. The predicted molar refractivity (Wildman–Crippen MR) is 73.8 cm³/mol. The van der Waals surface area contributed by atoms with Crippen LogP contribution in [0.25, 0.3) is 0 Å². The highest BCUT2D eigenvalue weighted by molar-refractivity contribution is 9.10. The van der Waals surface area contributed by atoms with E-state index in [1.54, 1.807) is 13.2 Å². The summed E-state index contributed by atoms with van der Waals surface area (Å²) in [5.74, 6) is 0.503. The quantitative estimate of drug-likeness (QED) is 0.499. The van der Waals surface area contributed by atoms with Crippen LogP contribution in [0.2, 0.25) is 0 Å².